The molecule has 2 aromatic rings. The molecular weight excluding hydrogens is 289 g/mol. The Hall–Kier alpha value is -2.14. The summed E-state index contributed by atoms with van der Waals surface area (Å²) in [6.07, 6.45) is 0.731. The van der Waals surface area contributed by atoms with Crippen molar-refractivity contribution >= 4 is 17.2 Å². The number of thiocarbonyl (C=S) groups is 1. The summed E-state index contributed by atoms with van der Waals surface area (Å²) in [5.41, 5.74) is 6.34. The van der Waals surface area contributed by atoms with Crippen LogP contribution in [-0.4, -0.2) is 18.2 Å². The number of ether oxygens (including phenoxy) is 2. The minimum Gasteiger partial charge on any atom is -0.493 e. The van der Waals surface area contributed by atoms with Crippen LogP contribution in [0.1, 0.15) is 12.0 Å². The lowest BCUT2D eigenvalue weighted by Gasteiger charge is -2.08. The van der Waals surface area contributed by atoms with Gasteiger partial charge in [-0.1, -0.05) is 12.2 Å². The third kappa shape index (κ3) is 5.04. The van der Waals surface area contributed by atoms with Gasteiger partial charge >= 0.3 is 0 Å². The molecule has 0 aromatic heterocycles. The molecule has 0 aliphatic rings. The maximum atomic E-state index is 12.7. The second-order valence-electron chi connectivity index (χ2n) is 4.39. The fourth-order valence-electron chi connectivity index (χ4n) is 1.69. The van der Waals surface area contributed by atoms with Crippen molar-refractivity contribution in [1.82, 2.24) is 0 Å². The minimum atomic E-state index is -0.272. The monoisotopic (exact) mass is 305 g/mol. The van der Waals surface area contributed by atoms with E-state index in [1.807, 2.05) is 24.3 Å². The lowest BCUT2D eigenvalue weighted by molar-refractivity contribution is 0.247. The third-order valence-corrected chi connectivity index (χ3v) is 3.01. The summed E-state index contributed by atoms with van der Waals surface area (Å²) in [5.74, 6) is 1.14. The Morgan fingerprint density at radius 3 is 1.86 bits per heavy atom. The van der Waals surface area contributed by atoms with Crippen LogP contribution in [-0.2, 0) is 0 Å². The largest absolute Gasteiger partial charge is 0.493 e. The topological polar surface area (TPSA) is 44.5 Å². The average Bonchev–Trinajstić information content (AvgIpc) is 2.49. The third-order valence-electron chi connectivity index (χ3n) is 2.78. The molecule has 0 heterocycles. The van der Waals surface area contributed by atoms with Crippen LogP contribution in [0, 0.1) is 5.82 Å². The van der Waals surface area contributed by atoms with Crippen molar-refractivity contribution < 1.29 is 13.9 Å². The van der Waals surface area contributed by atoms with E-state index in [2.05, 4.69) is 0 Å². The summed E-state index contributed by atoms with van der Waals surface area (Å²) < 4.78 is 23.7. The summed E-state index contributed by atoms with van der Waals surface area (Å²) in [6, 6.07) is 13.3. The molecule has 110 valence electrons. The highest BCUT2D eigenvalue weighted by Crippen LogP contribution is 2.13. The second kappa shape index (κ2) is 7.59. The zero-order chi connectivity index (χ0) is 15.1. The van der Waals surface area contributed by atoms with Gasteiger partial charge in [-0.15, -0.1) is 0 Å². The average molecular weight is 305 g/mol. The molecule has 5 heteroatoms. The summed E-state index contributed by atoms with van der Waals surface area (Å²) >= 11 is 4.88. The molecule has 0 bridgehead atoms. The molecule has 0 amide bonds. The van der Waals surface area contributed by atoms with Gasteiger partial charge in [0, 0.05) is 12.0 Å². The molecule has 2 aromatic carbocycles. The molecule has 0 spiro atoms. The van der Waals surface area contributed by atoms with E-state index >= 15 is 0 Å². The summed E-state index contributed by atoms with van der Waals surface area (Å²) in [6.45, 7) is 1.05. The Morgan fingerprint density at radius 2 is 1.38 bits per heavy atom. The van der Waals surface area contributed by atoms with Crippen LogP contribution in [0.3, 0.4) is 0 Å². The lowest BCUT2D eigenvalue weighted by atomic mass is 10.2. The van der Waals surface area contributed by atoms with E-state index in [0.717, 1.165) is 17.7 Å². The zero-order valence-electron chi connectivity index (χ0n) is 11.4. The second-order valence-corrected chi connectivity index (χ2v) is 4.83. The molecule has 0 radical (unpaired) electrons. The van der Waals surface area contributed by atoms with E-state index in [9.17, 15) is 4.39 Å². The minimum absolute atomic E-state index is 0.272. The van der Waals surface area contributed by atoms with Gasteiger partial charge in [0.05, 0.1) is 13.2 Å². The normalized spacial score (nSPS) is 10.1. The number of halogens is 1. The number of hydrogen-bond acceptors (Lipinski definition) is 3. The van der Waals surface area contributed by atoms with Gasteiger partial charge in [-0.2, -0.15) is 0 Å². The molecule has 2 rings (SSSR count). The maximum Gasteiger partial charge on any atom is 0.123 e. The van der Waals surface area contributed by atoms with Gasteiger partial charge in [0.1, 0.15) is 22.3 Å². The maximum absolute atomic E-state index is 12.7. The van der Waals surface area contributed by atoms with Crippen LogP contribution in [0.4, 0.5) is 4.39 Å². The fourth-order valence-corrected chi connectivity index (χ4v) is 1.82. The molecule has 3 nitrogen and oxygen atoms in total. The van der Waals surface area contributed by atoms with E-state index < -0.39 is 0 Å². The number of nitrogens with two attached hydrogens (primary N) is 1. The van der Waals surface area contributed by atoms with Gasteiger partial charge in [-0.3, -0.25) is 0 Å². The number of rotatable bonds is 7. The molecular formula is C16H16FNO2S. The van der Waals surface area contributed by atoms with Gasteiger partial charge in [0.25, 0.3) is 0 Å². The lowest BCUT2D eigenvalue weighted by Crippen LogP contribution is -2.09. The predicted octanol–water partition coefficient (Wildman–Crippen LogP) is 3.31. The molecule has 0 aliphatic heterocycles. The van der Waals surface area contributed by atoms with E-state index in [1.54, 1.807) is 12.1 Å². The molecule has 0 atom stereocenters. The van der Waals surface area contributed by atoms with Crippen molar-refractivity contribution in [2.24, 2.45) is 5.73 Å². The SMILES string of the molecule is NC(=S)c1ccc(OCCCOc2ccc(F)cc2)cc1. The van der Waals surface area contributed by atoms with Crippen LogP contribution in [0.25, 0.3) is 0 Å². The quantitative estimate of drug-likeness (QED) is 0.629. The van der Waals surface area contributed by atoms with Crippen molar-refractivity contribution in [2.45, 2.75) is 6.42 Å². The predicted molar refractivity (Wildman–Crippen MR) is 84.3 cm³/mol. The van der Waals surface area contributed by atoms with E-state index in [0.29, 0.717) is 24.0 Å². The van der Waals surface area contributed by atoms with Gasteiger partial charge in [-0.05, 0) is 48.5 Å². The van der Waals surface area contributed by atoms with Gasteiger partial charge in [-0.25, -0.2) is 4.39 Å². The van der Waals surface area contributed by atoms with E-state index in [-0.39, 0.29) is 5.82 Å². The molecule has 0 saturated carbocycles. The fraction of sp³-hybridized carbons (Fsp3) is 0.188. The van der Waals surface area contributed by atoms with E-state index in [4.69, 9.17) is 27.4 Å². The first-order chi connectivity index (χ1) is 10.1. The Morgan fingerprint density at radius 1 is 0.905 bits per heavy atom. The van der Waals surface area contributed by atoms with Crippen LogP contribution in [0.2, 0.25) is 0 Å². The van der Waals surface area contributed by atoms with Crippen molar-refractivity contribution in [3.8, 4) is 11.5 Å². The Balaban J connectivity index is 1.67. The molecule has 0 saturated heterocycles. The number of benzene rings is 2. The molecule has 0 aliphatic carbocycles. The van der Waals surface area contributed by atoms with Crippen molar-refractivity contribution in [1.29, 1.82) is 0 Å². The summed E-state index contributed by atoms with van der Waals surface area (Å²) in [4.78, 5) is 0.370. The summed E-state index contributed by atoms with van der Waals surface area (Å²) in [5, 5.41) is 0. The smallest absolute Gasteiger partial charge is 0.123 e. The Kier molecular flexibility index (Phi) is 5.51. The highest BCUT2D eigenvalue weighted by molar-refractivity contribution is 7.80. The number of hydrogen-bond donors (Lipinski definition) is 1. The highest BCUT2D eigenvalue weighted by atomic mass is 32.1. The van der Waals surface area contributed by atoms with Gasteiger partial charge < -0.3 is 15.2 Å². The van der Waals surface area contributed by atoms with Crippen molar-refractivity contribution in [3.63, 3.8) is 0 Å². The molecule has 21 heavy (non-hydrogen) atoms. The van der Waals surface area contributed by atoms with Crippen molar-refractivity contribution in [3.05, 3.63) is 59.9 Å². The zero-order valence-corrected chi connectivity index (χ0v) is 12.2. The molecule has 0 unspecified atom stereocenters. The highest BCUT2D eigenvalue weighted by Gasteiger charge is 1.98. The van der Waals surface area contributed by atoms with Crippen LogP contribution < -0.4 is 15.2 Å². The molecule has 2 N–H and O–H groups in total. The van der Waals surface area contributed by atoms with Gasteiger partial charge in [0.15, 0.2) is 0 Å². The van der Waals surface area contributed by atoms with Crippen LogP contribution >= 0.6 is 12.2 Å². The Labute approximate surface area is 128 Å². The van der Waals surface area contributed by atoms with Crippen molar-refractivity contribution in [2.75, 3.05) is 13.2 Å². The van der Waals surface area contributed by atoms with Gasteiger partial charge in [0.2, 0.25) is 0 Å². The molecule has 0 fully saturated rings. The van der Waals surface area contributed by atoms with E-state index in [1.165, 1.54) is 12.1 Å². The van der Waals surface area contributed by atoms with Crippen LogP contribution in [0.15, 0.2) is 48.5 Å². The first kappa shape index (κ1) is 15.3. The summed E-state index contributed by atoms with van der Waals surface area (Å²) in [7, 11) is 0. The first-order valence-electron chi connectivity index (χ1n) is 6.56. The first-order valence-corrected chi connectivity index (χ1v) is 6.97. The standard InChI is InChI=1S/C16H16FNO2S/c17-13-4-8-15(9-5-13)20-11-1-10-19-14-6-2-12(3-7-14)16(18)21/h2-9H,1,10-11H2,(H2,18,21). The Bertz CT molecular complexity index is 584. The van der Waals surface area contributed by atoms with Crippen LogP contribution in [0.5, 0.6) is 11.5 Å².